The molecule has 0 aliphatic carbocycles. The summed E-state index contributed by atoms with van der Waals surface area (Å²) in [5, 5.41) is 7.43. The van der Waals surface area contributed by atoms with Gasteiger partial charge in [0.1, 0.15) is 5.82 Å². The van der Waals surface area contributed by atoms with Crippen molar-refractivity contribution in [1.82, 2.24) is 0 Å². The van der Waals surface area contributed by atoms with E-state index in [0.29, 0.717) is 12.1 Å². The molecule has 0 heterocycles. The maximum Gasteiger partial charge on any atom is 0.123 e. The Balaban J connectivity index is 0.000000618. The van der Waals surface area contributed by atoms with Gasteiger partial charge in [0.05, 0.1) is 0 Å². The molecule has 0 atom stereocenters. The second-order valence-electron chi connectivity index (χ2n) is 7.31. The highest BCUT2D eigenvalue weighted by Crippen LogP contribution is 2.21. The van der Waals surface area contributed by atoms with Gasteiger partial charge < -0.3 is 16.9 Å². The molecule has 184 valence electrons. The first kappa shape index (κ1) is 30.8. The molecule has 0 aliphatic rings. The molecule has 34 heavy (non-hydrogen) atoms. The number of benzene rings is 3. The molecule has 0 spiro atoms. The Morgan fingerprint density at radius 3 is 2.12 bits per heavy atom. The molecule has 0 saturated carbocycles. The quantitative estimate of drug-likeness (QED) is 0.248. The van der Waals surface area contributed by atoms with E-state index in [1.54, 1.807) is 25.1 Å². The van der Waals surface area contributed by atoms with Gasteiger partial charge in [0.15, 0.2) is 0 Å². The fraction of sp³-hybridized carbons (Fsp3) is 0.300. The number of nitrogen functional groups attached to an aromatic ring is 1. The van der Waals surface area contributed by atoms with E-state index in [9.17, 15) is 4.39 Å². The van der Waals surface area contributed by atoms with Gasteiger partial charge in [0.2, 0.25) is 0 Å². The van der Waals surface area contributed by atoms with Crippen molar-refractivity contribution in [2.45, 2.75) is 53.4 Å². The van der Waals surface area contributed by atoms with Gasteiger partial charge in [-0.3, -0.25) is 0 Å². The summed E-state index contributed by atoms with van der Waals surface area (Å²) in [5.74, 6) is -0.176. The van der Waals surface area contributed by atoms with Gasteiger partial charge in [0.25, 0.3) is 0 Å². The molecule has 0 saturated heterocycles. The predicted octanol–water partition coefficient (Wildman–Crippen LogP) is 7.66. The third-order valence-electron chi connectivity index (χ3n) is 4.99. The molecule has 0 aliphatic heterocycles. The number of aryl methyl sites for hydroxylation is 1. The van der Waals surface area contributed by atoms with E-state index in [2.05, 4.69) is 19.2 Å². The number of anilines is 1. The normalized spacial score (nSPS) is 9.26. The van der Waals surface area contributed by atoms with Crippen LogP contribution in [0.3, 0.4) is 0 Å². The maximum absolute atomic E-state index is 13.4. The average molecular weight is 464 g/mol. The molecule has 5 N–H and O–H groups in total. The highest BCUT2D eigenvalue weighted by Gasteiger charge is 2.07. The van der Waals surface area contributed by atoms with Crippen molar-refractivity contribution < 1.29 is 4.39 Å². The molecule has 0 amide bonds. The Hall–Kier alpha value is -3.24. The zero-order valence-electron chi connectivity index (χ0n) is 21.5. The molecule has 0 fully saturated rings. The van der Waals surface area contributed by atoms with Crippen molar-refractivity contribution in [3.8, 4) is 0 Å². The van der Waals surface area contributed by atoms with Crippen LogP contribution in [0.5, 0.6) is 0 Å². The highest BCUT2D eigenvalue weighted by molar-refractivity contribution is 5.99. The molecule has 0 aromatic heterocycles. The Morgan fingerprint density at radius 2 is 1.56 bits per heavy atom. The molecule has 4 heteroatoms. The summed E-state index contributed by atoms with van der Waals surface area (Å²) in [6.07, 6.45) is 5.74. The van der Waals surface area contributed by atoms with Crippen LogP contribution in [-0.4, -0.2) is 12.8 Å². The largest absolute Gasteiger partial charge is 0.398 e. The van der Waals surface area contributed by atoms with E-state index >= 15 is 0 Å². The molecular formula is C30H42FN3. The van der Waals surface area contributed by atoms with Gasteiger partial charge in [-0.2, -0.15) is 0 Å². The number of nitrogens with two attached hydrogens (primary N) is 2. The lowest BCUT2D eigenvalue weighted by molar-refractivity contribution is 0.624. The lowest BCUT2D eigenvalue weighted by Gasteiger charge is -2.11. The molecule has 0 radical (unpaired) electrons. The fourth-order valence-corrected chi connectivity index (χ4v) is 3.29. The van der Waals surface area contributed by atoms with Crippen LogP contribution in [0.4, 0.5) is 10.1 Å². The third-order valence-corrected chi connectivity index (χ3v) is 4.99. The first-order valence-electron chi connectivity index (χ1n) is 11.9. The van der Waals surface area contributed by atoms with Gasteiger partial charge in [-0.1, -0.05) is 88.4 Å². The number of hydrogen-bond acceptors (Lipinski definition) is 3. The van der Waals surface area contributed by atoms with Crippen molar-refractivity contribution in [2.75, 3.05) is 12.8 Å². The number of para-hydroxylation sites is 1. The van der Waals surface area contributed by atoms with Gasteiger partial charge >= 0.3 is 0 Å². The minimum Gasteiger partial charge on any atom is -0.398 e. The molecule has 3 aromatic carbocycles. The monoisotopic (exact) mass is 463 g/mol. The van der Waals surface area contributed by atoms with Crippen LogP contribution >= 0.6 is 0 Å². The minimum absolute atomic E-state index is 0.176. The summed E-state index contributed by atoms with van der Waals surface area (Å²) in [5.41, 5.74) is 17.1. The summed E-state index contributed by atoms with van der Waals surface area (Å²) in [7, 11) is 1.50. The topological polar surface area (TPSA) is 75.9 Å². The van der Waals surface area contributed by atoms with Gasteiger partial charge in [-0.15, -0.1) is 0 Å². The van der Waals surface area contributed by atoms with E-state index < -0.39 is 0 Å². The smallest absolute Gasteiger partial charge is 0.123 e. The van der Waals surface area contributed by atoms with Gasteiger partial charge in [-0.05, 0) is 73.7 Å². The van der Waals surface area contributed by atoms with Crippen LogP contribution in [0.25, 0.3) is 6.08 Å². The summed E-state index contributed by atoms with van der Waals surface area (Å²) >= 11 is 0. The van der Waals surface area contributed by atoms with E-state index in [0.717, 1.165) is 47.2 Å². The molecule has 0 bridgehead atoms. The number of halogens is 1. The summed E-state index contributed by atoms with van der Waals surface area (Å²) in [6.45, 7) is 11.6. The van der Waals surface area contributed by atoms with Crippen molar-refractivity contribution in [2.24, 2.45) is 5.73 Å². The Morgan fingerprint density at radius 1 is 0.941 bits per heavy atom. The maximum atomic E-state index is 13.4. The summed E-state index contributed by atoms with van der Waals surface area (Å²) in [6, 6.07) is 20.6. The fourth-order valence-electron chi connectivity index (χ4n) is 3.29. The van der Waals surface area contributed by atoms with Crippen LogP contribution < -0.4 is 11.5 Å². The van der Waals surface area contributed by atoms with Crippen LogP contribution in [0, 0.1) is 11.2 Å². The molecule has 0 unspecified atom stereocenters. The zero-order valence-corrected chi connectivity index (χ0v) is 21.5. The van der Waals surface area contributed by atoms with Crippen LogP contribution in [0.15, 0.2) is 73.3 Å². The first-order chi connectivity index (χ1) is 16.5. The number of nitrogens with one attached hydrogen (secondary N) is 1. The Labute approximate surface area is 206 Å². The lowest BCUT2D eigenvalue weighted by Crippen LogP contribution is -2.00. The Kier molecular flexibility index (Phi) is 16.5. The number of unbranched alkanes of at least 4 members (excludes halogenated alkanes) is 1. The van der Waals surface area contributed by atoms with E-state index in [-0.39, 0.29) is 5.82 Å². The predicted molar refractivity (Wildman–Crippen MR) is 149 cm³/mol. The highest BCUT2D eigenvalue weighted by atomic mass is 19.1. The van der Waals surface area contributed by atoms with Crippen molar-refractivity contribution in [3.05, 3.63) is 107 Å². The van der Waals surface area contributed by atoms with Crippen LogP contribution in [-0.2, 0) is 12.8 Å². The summed E-state index contributed by atoms with van der Waals surface area (Å²) < 4.78 is 13.4. The number of rotatable bonds is 7. The average Bonchev–Trinajstić information content (AvgIpc) is 2.87. The first-order valence-corrected chi connectivity index (χ1v) is 11.9. The van der Waals surface area contributed by atoms with Crippen molar-refractivity contribution in [3.63, 3.8) is 0 Å². The standard InChI is InChI=1S/C17H20FN.C10H11N.C2H6.CH5N/c1-2-3-6-13-9-10-16(18)12-15(13)11-14-7-4-5-8-17(14)19;1-3-9-6-4-5-7-10(9)8(2)11;2*1-2/h4-5,7-10,12H,2-3,6,11,19H2,1H3;3-7,11H,1H2,2H3;1-2H3;2H2,1H3. The lowest BCUT2D eigenvalue weighted by atomic mass is 9.95. The SMILES string of the molecule is C=Cc1ccccc1C(C)=N.CC.CCCCc1ccc(F)cc1Cc1ccccc1N.CN. The van der Waals surface area contributed by atoms with Crippen molar-refractivity contribution >= 4 is 17.5 Å². The summed E-state index contributed by atoms with van der Waals surface area (Å²) in [4.78, 5) is 0. The zero-order chi connectivity index (χ0) is 25.9. The van der Waals surface area contributed by atoms with Crippen LogP contribution in [0.1, 0.15) is 68.4 Å². The van der Waals surface area contributed by atoms with E-state index in [1.165, 1.54) is 12.6 Å². The molecular weight excluding hydrogens is 421 g/mol. The van der Waals surface area contributed by atoms with E-state index in [1.807, 2.05) is 68.4 Å². The van der Waals surface area contributed by atoms with E-state index in [4.69, 9.17) is 11.1 Å². The van der Waals surface area contributed by atoms with Gasteiger partial charge in [-0.25, -0.2) is 4.39 Å². The minimum atomic E-state index is -0.176. The Bertz CT molecular complexity index is 996. The molecule has 3 nitrogen and oxygen atoms in total. The van der Waals surface area contributed by atoms with Crippen molar-refractivity contribution in [1.29, 1.82) is 5.41 Å². The second-order valence-corrected chi connectivity index (χ2v) is 7.31. The molecule has 3 rings (SSSR count). The second kappa shape index (κ2) is 18.2. The number of hydrogen-bond donors (Lipinski definition) is 3. The van der Waals surface area contributed by atoms with Crippen LogP contribution in [0.2, 0.25) is 0 Å². The molecule has 3 aromatic rings. The van der Waals surface area contributed by atoms with Gasteiger partial charge in [0, 0.05) is 17.0 Å². The third kappa shape index (κ3) is 10.6.